The van der Waals surface area contributed by atoms with Crippen LogP contribution in [0.25, 0.3) is 5.65 Å². The molecule has 0 unspecified atom stereocenters. The third kappa shape index (κ3) is 1.92. The summed E-state index contributed by atoms with van der Waals surface area (Å²) in [4.78, 5) is 4.20. The number of hydrogen-bond donors (Lipinski definition) is 0. The van der Waals surface area contributed by atoms with Gasteiger partial charge in [0.05, 0.1) is 5.69 Å². The number of hydrogen-bond acceptors (Lipinski definition) is 2. The van der Waals surface area contributed by atoms with Gasteiger partial charge in [-0.15, -0.1) is 24.8 Å². The van der Waals surface area contributed by atoms with E-state index in [1.807, 2.05) is 26.1 Å². The summed E-state index contributed by atoms with van der Waals surface area (Å²) in [6.45, 7) is 4.02. The molecule has 0 aromatic carbocycles. The first-order valence-corrected chi connectivity index (χ1v) is 3.55. The second-order valence-corrected chi connectivity index (χ2v) is 2.60. The predicted octanol–water partition coefficient (Wildman–Crippen LogP) is 2.19. The lowest BCUT2D eigenvalue weighted by atomic mass is 10.3. The van der Waals surface area contributed by atoms with Gasteiger partial charge in [0, 0.05) is 18.0 Å². The van der Waals surface area contributed by atoms with Crippen molar-refractivity contribution in [3.63, 3.8) is 0 Å². The van der Waals surface area contributed by atoms with Gasteiger partial charge in [-0.2, -0.15) is 5.10 Å². The molecule has 0 saturated carbocycles. The zero-order valence-corrected chi connectivity index (χ0v) is 9.02. The molecule has 2 aromatic rings. The summed E-state index contributed by atoms with van der Waals surface area (Å²) in [5, 5.41) is 4.27. The summed E-state index contributed by atoms with van der Waals surface area (Å²) < 4.78 is 1.80. The van der Waals surface area contributed by atoms with E-state index in [1.165, 1.54) is 0 Å². The van der Waals surface area contributed by atoms with Crippen molar-refractivity contribution in [1.29, 1.82) is 0 Å². The Bertz CT molecular complexity index is 397. The van der Waals surface area contributed by atoms with Gasteiger partial charge in [-0.1, -0.05) is 0 Å². The Morgan fingerprint density at radius 2 is 1.92 bits per heavy atom. The molecular formula is C8H11Cl2N3. The van der Waals surface area contributed by atoms with Gasteiger partial charge in [-0.3, -0.25) is 0 Å². The molecule has 0 aliphatic heterocycles. The summed E-state index contributed by atoms with van der Waals surface area (Å²) >= 11 is 0. The van der Waals surface area contributed by atoms with E-state index in [4.69, 9.17) is 0 Å². The Balaban J connectivity index is 0.000000720. The molecule has 2 heterocycles. The number of fused-ring (bicyclic) bond motifs is 1. The molecule has 13 heavy (non-hydrogen) atoms. The number of nitrogens with zero attached hydrogens (tertiary/aromatic N) is 3. The Labute approximate surface area is 89.0 Å². The van der Waals surface area contributed by atoms with E-state index in [1.54, 1.807) is 10.7 Å². The SMILES string of the molecule is Cc1nn2cccnc2c1C.Cl.Cl. The largest absolute Gasteiger partial charge is 0.237 e. The quantitative estimate of drug-likeness (QED) is 0.681. The van der Waals surface area contributed by atoms with Crippen LogP contribution in [0, 0.1) is 13.8 Å². The van der Waals surface area contributed by atoms with Gasteiger partial charge in [0.2, 0.25) is 0 Å². The molecule has 0 spiro atoms. The zero-order valence-electron chi connectivity index (χ0n) is 7.39. The molecule has 72 valence electrons. The van der Waals surface area contributed by atoms with Crippen molar-refractivity contribution in [2.24, 2.45) is 0 Å². The maximum atomic E-state index is 4.27. The molecular weight excluding hydrogens is 209 g/mol. The van der Waals surface area contributed by atoms with Crippen LogP contribution in [0.2, 0.25) is 0 Å². The molecule has 0 amide bonds. The molecule has 0 N–H and O–H groups in total. The standard InChI is InChI=1S/C8H9N3.2ClH/c1-6-7(2)10-11-5-3-4-9-8(6)11;;/h3-5H,1-2H3;2*1H. The Morgan fingerprint density at radius 1 is 1.23 bits per heavy atom. The Kier molecular flexibility index (Phi) is 4.17. The fourth-order valence-electron chi connectivity index (χ4n) is 1.11. The topological polar surface area (TPSA) is 30.2 Å². The van der Waals surface area contributed by atoms with Crippen LogP contribution in [-0.2, 0) is 0 Å². The van der Waals surface area contributed by atoms with Crippen molar-refractivity contribution in [1.82, 2.24) is 14.6 Å². The van der Waals surface area contributed by atoms with E-state index in [2.05, 4.69) is 10.1 Å². The van der Waals surface area contributed by atoms with E-state index < -0.39 is 0 Å². The minimum atomic E-state index is 0. The third-order valence-corrected chi connectivity index (χ3v) is 1.86. The van der Waals surface area contributed by atoms with Crippen molar-refractivity contribution in [2.45, 2.75) is 13.8 Å². The highest BCUT2D eigenvalue weighted by atomic mass is 35.5. The maximum absolute atomic E-state index is 4.27. The van der Waals surface area contributed by atoms with Gasteiger partial charge in [0.1, 0.15) is 0 Å². The van der Waals surface area contributed by atoms with Gasteiger partial charge in [0.15, 0.2) is 5.65 Å². The number of halogens is 2. The normalized spacial score (nSPS) is 9.08. The van der Waals surface area contributed by atoms with Crippen LogP contribution < -0.4 is 0 Å². The summed E-state index contributed by atoms with van der Waals surface area (Å²) in [6, 6.07) is 1.87. The van der Waals surface area contributed by atoms with Gasteiger partial charge >= 0.3 is 0 Å². The molecule has 0 bridgehead atoms. The molecule has 3 nitrogen and oxygen atoms in total. The summed E-state index contributed by atoms with van der Waals surface area (Å²) in [6.07, 6.45) is 3.69. The fraction of sp³-hybridized carbons (Fsp3) is 0.250. The van der Waals surface area contributed by atoms with Crippen molar-refractivity contribution in [3.05, 3.63) is 29.7 Å². The lowest BCUT2D eigenvalue weighted by Crippen LogP contribution is -1.86. The average molecular weight is 220 g/mol. The van der Waals surface area contributed by atoms with E-state index in [0.29, 0.717) is 0 Å². The van der Waals surface area contributed by atoms with E-state index >= 15 is 0 Å². The van der Waals surface area contributed by atoms with Crippen LogP contribution in [-0.4, -0.2) is 14.6 Å². The van der Waals surface area contributed by atoms with Gasteiger partial charge in [-0.25, -0.2) is 9.50 Å². The van der Waals surface area contributed by atoms with Gasteiger partial charge < -0.3 is 0 Å². The van der Waals surface area contributed by atoms with E-state index in [0.717, 1.165) is 16.9 Å². The Hall–Kier alpha value is -0.800. The van der Waals surface area contributed by atoms with Crippen LogP contribution in [0.1, 0.15) is 11.3 Å². The van der Waals surface area contributed by atoms with Crippen molar-refractivity contribution in [2.75, 3.05) is 0 Å². The lowest BCUT2D eigenvalue weighted by molar-refractivity contribution is 0.917. The maximum Gasteiger partial charge on any atom is 0.158 e. The first-order valence-electron chi connectivity index (χ1n) is 3.55. The number of aromatic nitrogens is 3. The second kappa shape index (κ2) is 4.44. The van der Waals surface area contributed by atoms with Crippen molar-refractivity contribution in [3.8, 4) is 0 Å². The van der Waals surface area contributed by atoms with Crippen molar-refractivity contribution < 1.29 is 0 Å². The molecule has 2 rings (SSSR count). The average Bonchev–Trinajstić information content (AvgIpc) is 2.30. The molecule has 0 saturated heterocycles. The number of rotatable bonds is 0. The minimum absolute atomic E-state index is 0. The van der Waals surface area contributed by atoms with E-state index in [9.17, 15) is 0 Å². The highest BCUT2D eigenvalue weighted by Gasteiger charge is 2.02. The van der Waals surface area contributed by atoms with Gasteiger partial charge in [-0.05, 0) is 19.9 Å². The van der Waals surface area contributed by atoms with Crippen LogP contribution >= 0.6 is 24.8 Å². The van der Waals surface area contributed by atoms with Crippen LogP contribution in [0.3, 0.4) is 0 Å². The molecule has 0 aliphatic carbocycles. The summed E-state index contributed by atoms with van der Waals surface area (Å²) in [5.74, 6) is 0. The third-order valence-electron chi connectivity index (χ3n) is 1.86. The van der Waals surface area contributed by atoms with Gasteiger partial charge in [0.25, 0.3) is 0 Å². The molecule has 0 radical (unpaired) electrons. The van der Waals surface area contributed by atoms with Crippen molar-refractivity contribution >= 4 is 30.5 Å². The highest BCUT2D eigenvalue weighted by molar-refractivity contribution is 5.85. The van der Waals surface area contributed by atoms with E-state index in [-0.39, 0.29) is 24.8 Å². The number of aryl methyl sites for hydroxylation is 2. The van der Waals surface area contributed by atoms with Crippen LogP contribution in [0.4, 0.5) is 0 Å². The Morgan fingerprint density at radius 3 is 2.54 bits per heavy atom. The summed E-state index contributed by atoms with van der Waals surface area (Å²) in [7, 11) is 0. The monoisotopic (exact) mass is 219 g/mol. The molecule has 0 atom stereocenters. The fourth-order valence-corrected chi connectivity index (χ4v) is 1.11. The first kappa shape index (κ1) is 12.2. The lowest BCUT2D eigenvalue weighted by Gasteiger charge is -1.88. The predicted molar refractivity (Wildman–Crippen MR) is 57.0 cm³/mol. The highest BCUT2D eigenvalue weighted by Crippen LogP contribution is 2.09. The van der Waals surface area contributed by atoms with Crippen LogP contribution in [0.15, 0.2) is 18.5 Å². The molecule has 0 fully saturated rings. The summed E-state index contributed by atoms with van der Waals surface area (Å²) in [5.41, 5.74) is 3.15. The molecule has 2 aromatic heterocycles. The first-order chi connectivity index (χ1) is 5.29. The van der Waals surface area contributed by atoms with Crippen LogP contribution in [0.5, 0.6) is 0 Å². The smallest absolute Gasteiger partial charge is 0.158 e. The zero-order chi connectivity index (χ0) is 7.84. The second-order valence-electron chi connectivity index (χ2n) is 2.60. The molecule has 5 heteroatoms. The minimum Gasteiger partial charge on any atom is -0.237 e. The molecule has 0 aliphatic rings.